The van der Waals surface area contributed by atoms with Crippen molar-refractivity contribution >= 4 is 23.5 Å². The summed E-state index contributed by atoms with van der Waals surface area (Å²) in [6, 6.07) is 9.13. The van der Waals surface area contributed by atoms with Gasteiger partial charge in [-0.1, -0.05) is 18.2 Å². The SMILES string of the molecule is COC(=O)[C@@H]1C2CCC(C(=O)Nc3ccccc3)(CC2)[C@H]1C(=O)OC. The van der Waals surface area contributed by atoms with Crippen LogP contribution in [0.3, 0.4) is 0 Å². The molecular weight excluding hydrogens is 322 g/mol. The number of carbonyl (C=O) groups excluding carboxylic acids is 3. The Morgan fingerprint density at radius 3 is 2.16 bits per heavy atom. The van der Waals surface area contributed by atoms with Crippen molar-refractivity contribution in [3.8, 4) is 0 Å². The van der Waals surface area contributed by atoms with Crippen LogP contribution in [0.25, 0.3) is 0 Å². The molecule has 3 aliphatic carbocycles. The second kappa shape index (κ2) is 6.86. The standard InChI is InChI=1S/C19H23NO5/c1-24-16(21)14-12-8-10-19(11-9-12,15(14)17(22)25-2)18(23)20-13-6-4-3-5-7-13/h3-7,12,14-15H,8-11H2,1-2H3,(H,20,23)/t12?,14-,15-,19?/m1/s1. The van der Waals surface area contributed by atoms with E-state index in [0.717, 1.165) is 12.8 Å². The van der Waals surface area contributed by atoms with Crippen molar-refractivity contribution in [1.82, 2.24) is 0 Å². The minimum Gasteiger partial charge on any atom is -0.469 e. The number of nitrogens with one attached hydrogen (secondary N) is 1. The average molecular weight is 345 g/mol. The Morgan fingerprint density at radius 2 is 1.60 bits per heavy atom. The van der Waals surface area contributed by atoms with Crippen molar-refractivity contribution in [3.63, 3.8) is 0 Å². The molecule has 2 bridgehead atoms. The molecule has 0 aliphatic heterocycles. The summed E-state index contributed by atoms with van der Waals surface area (Å²) >= 11 is 0. The molecule has 3 aliphatic rings. The van der Waals surface area contributed by atoms with E-state index >= 15 is 0 Å². The summed E-state index contributed by atoms with van der Waals surface area (Å²) in [4.78, 5) is 38.0. The normalized spacial score (nSPS) is 30.4. The van der Waals surface area contributed by atoms with Gasteiger partial charge in [-0.15, -0.1) is 0 Å². The molecule has 25 heavy (non-hydrogen) atoms. The van der Waals surface area contributed by atoms with Gasteiger partial charge in [-0.25, -0.2) is 0 Å². The predicted molar refractivity (Wildman–Crippen MR) is 90.5 cm³/mol. The molecular formula is C19H23NO5. The molecule has 1 aromatic rings. The van der Waals surface area contributed by atoms with Crippen LogP contribution in [0.15, 0.2) is 30.3 Å². The summed E-state index contributed by atoms with van der Waals surface area (Å²) in [7, 11) is 2.61. The van der Waals surface area contributed by atoms with Gasteiger partial charge < -0.3 is 14.8 Å². The number of rotatable bonds is 4. The summed E-state index contributed by atoms with van der Waals surface area (Å²) in [5.41, 5.74) is -0.260. The molecule has 4 rings (SSSR count). The number of carbonyl (C=O) groups is 3. The fraction of sp³-hybridized carbons (Fsp3) is 0.526. The summed E-state index contributed by atoms with van der Waals surface area (Å²) in [5, 5.41) is 2.92. The highest BCUT2D eigenvalue weighted by Crippen LogP contribution is 2.57. The molecule has 0 saturated heterocycles. The highest BCUT2D eigenvalue weighted by molar-refractivity contribution is 6.00. The van der Waals surface area contributed by atoms with Gasteiger partial charge in [0, 0.05) is 5.69 Å². The molecule has 3 saturated carbocycles. The Balaban J connectivity index is 1.96. The molecule has 1 amide bonds. The number of anilines is 1. The van der Waals surface area contributed by atoms with Crippen LogP contribution in [0.2, 0.25) is 0 Å². The van der Waals surface area contributed by atoms with Crippen molar-refractivity contribution in [2.24, 2.45) is 23.2 Å². The Morgan fingerprint density at radius 1 is 1.00 bits per heavy atom. The van der Waals surface area contributed by atoms with Crippen LogP contribution in [0, 0.1) is 23.2 Å². The zero-order valence-corrected chi connectivity index (χ0v) is 14.5. The largest absolute Gasteiger partial charge is 0.469 e. The van der Waals surface area contributed by atoms with Crippen molar-refractivity contribution in [1.29, 1.82) is 0 Å². The molecule has 0 radical (unpaired) electrons. The van der Waals surface area contributed by atoms with Crippen LogP contribution < -0.4 is 5.32 Å². The van der Waals surface area contributed by atoms with Gasteiger partial charge in [-0.05, 0) is 43.7 Å². The van der Waals surface area contributed by atoms with Crippen LogP contribution in [0.5, 0.6) is 0 Å². The Labute approximate surface area is 146 Å². The van der Waals surface area contributed by atoms with E-state index in [1.165, 1.54) is 14.2 Å². The number of amides is 1. The summed E-state index contributed by atoms with van der Waals surface area (Å²) in [5.74, 6) is -2.54. The van der Waals surface area contributed by atoms with Gasteiger partial charge in [0.05, 0.1) is 31.5 Å². The molecule has 2 atom stereocenters. The van der Waals surface area contributed by atoms with Crippen LogP contribution in [-0.4, -0.2) is 32.1 Å². The first kappa shape index (κ1) is 17.5. The van der Waals surface area contributed by atoms with E-state index in [-0.39, 0.29) is 11.8 Å². The first-order valence-electron chi connectivity index (χ1n) is 8.55. The number of hydrogen-bond donors (Lipinski definition) is 1. The van der Waals surface area contributed by atoms with E-state index < -0.39 is 29.2 Å². The van der Waals surface area contributed by atoms with Gasteiger partial charge in [-0.3, -0.25) is 14.4 Å². The van der Waals surface area contributed by atoms with Crippen molar-refractivity contribution in [2.75, 3.05) is 19.5 Å². The first-order valence-corrected chi connectivity index (χ1v) is 8.55. The lowest BCUT2D eigenvalue weighted by atomic mass is 9.50. The Bertz CT molecular complexity index is 664. The van der Waals surface area contributed by atoms with Gasteiger partial charge in [0.25, 0.3) is 0 Å². The monoisotopic (exact) mass is 345 g/mol. The zero-order valence-electron chi connectivity index (χ0n) is 14.5. The maximum Gasteiger partial charge on any atom is 0.310 e. The molecule has 0 unspecified atom stereocenters. The van der Waals surface area contributed by atoms with E-state index in [4.69, 9.17) is 9.47 Å². The third-order valence-corrected chi connectivity index (χ3v) is 5.80. The van der Waals surface area contributed by atoms with E-state index in [0.29, 0.717) is 18.5 Å². The second-order valence-corrected chi connectivity index (χ2v) is 6.86. The third kappa shape index (κ3) is 2.90. The van der Waals surface area contributed by atoms with Crippen molar-refractivity contribution < 1.29 is 23.9 Å². The fourth-order valence-corrected chi connectivity index (χ4v) is 4.55. The topological polar surface area (TPSA) is 81.7 Å². The van der Waals surface area contributed by atoms with Gasteiger partial charge >= 0.3 is 11.9 Å². The van der Waals surface area contributed by atoms with Crippen molar-refractivity contribution in [3.05, 3.63) is 30.3 Å². The summed E-state index contributed by atoms with van der Waals surface area (Å²) < 4.78 is 9.90. The number of ether oxygens (including phenoxy) is 2. The number of benzene rings is 1. The molecule has 0 aromatic heterocycles. The van der Waals surface area contributed by atoms with Crippen LogP contribution in [0.4, 0.5) is 5.69 Å². The van der Waals surface area contributed by atoms with Gasteiger partial charge in [0.1, 0.15) is 0 Å². The van der Waals surface area contributed by atoms with Crippen molar-refractivity contribution in [2.45, 2.75) is 25.7 Å². The maximum atomic E-state index is 13.2. The van der Waals surface area contributed by atoms with Crippen LogP contribution >= 0.6 is 0 Å². The number of hydrogen-bond acceptors (Lipinski definition) is 5. The van der Waals surface area contributed by atoms with E-state index in [9.17, 15) is 14.4 Å². The Kier molecular flexibility index (Phi) is 4.79. The number of esters is 2. The number of para-hydroxylation sites is 1. The van der Waals surface area contributed by atoms with E-state index in [1.54, 1.807) is 12.1 Å². The second-order valence-electron chi connectivity index (χ2n) is 6.86. The number of fused-ring (bicyclic) bond motifs is 3. The molecule has 1 aromatic carbocycles. The minimum atomic E-state index is -0.934. The quantitative estimate of drug-likeness (QED) is 0.848. The molecule has 1 N–H and O–H groups in total. The summed E-state index contributed by atoms with van der Waals surface area (Å²) in [6.45, 7) is 0. The van der Waals surface area contributed by atoms with Crippen LogP contribution in [0.1, 0.15) is 25.7 Å². The Hall–Kier alpha value is -2.37. The molecule has 6 heteroatoms. The lowest BCUT2D eigenvalue weighted by Crippen LogP contribution is -2.59. The van der Waals surface area contributed by atoms with Gasteiger partial charge in [0.2, 0.25) is 5.91 Å². The minimum absolute atomic E-state index is 0.0583. The first-order chi connectivity index (χ1) is 12.0. The summed E-state index contributed by atoms with van der Waals surface area (Å²) in [6.07, 6.45) is 2.61. The lowest BCUT2D eigenvalue weighted by Gasteiger charge is -2.52. The molecule has 134 valence electrons. The maximum absolute atomic E-state index is 13.2. The molecule has 3 fully saturated rings. The van der Waals surface area contributed by atoms with E-state index in [2.05, 4.69) is 5.32 Å². The smallest absolute Gasteiger partial charge is 0.310 e. The number of methoxy groups -OCH3 is 2. The van der Waals surface area contributed by atoms with Crippen LogP contribution in [-0.2, 0) is 23.9 Å². The van der Waals surface area contributed by atoms with Gasteiger partial charge in [-0.2, -0.15) is 0 Å². The highest BCUT2D eigenvalue weighted by Gasteiger charge is 2.62. The fourth-order valence-electron chi connectivity index (χ4n) is 4.55. The van der Waals surface area contributed by atoms with E-state index in [1.807, 2.05) is 18.2 Å². The third-order valence-electron chi connectivity index (χ3n) is 5.80. The molecule has 6 nitrogen and oxygen atoms in total. The predicted octanol–water partition coefficient (Wildman–Crippen LogP) is 2.39. The molecule has 0 spiro atoms. The average Bonchev–Trinajstić information content (AvgIpc) is 2.67. The van der Waals surface area contributed by atoms with Gasteiger partial charge in [0.15, 0.2) is 0 Å². The zero-order chi connectivity index (χ0) is 18.0. The lowest BCUT2D eigenvalue weighted by molar-refractivity contribution is -0.181. The highest BCUT2D eigenvalue weighted by atomic mass is 16.5. The molecule has 0 heterocycles.